The van der Waals surface area contributed by atoms with E-state index in [1.807, 2.05) is 0 Å². The third-order valence-corrected chi connectivity index (χ3v) is 3.80. The molecule has 1 aromatic heterocycles. The Morgan fingerprint density at radius 2 is 2.32 bits per heavy atom. The van der Waals surface area contributed by atoms with Gasteiger partial charge in [0.15, 0.2) is 0 Å². The van der Waals surface area contributed by atoms with Crippen LogP contribution in [0.5, 0.6) is 0 Å². The highest BCUT2D eigenvalue weighted by molar-refractivity contribution is 5.48. The molecule has 0 atom stereocenters. The molecular formula is C15H20FN3. The second kappa shape index (κ2) is 5.29. The van der Waals surface area contributed by atoms with E-state index in [9.17, 15) is 4.39 Å². The molecule has 2 aliphatic rings. The van der Waals surface area contributed by atoms with Crippen molar-refractivity contribution in [3.05, 3.63) is 35.3 Å². The average molecular weight is 261 g/mol. The van der Waals surface area contributed by atoms with Crippen molar-refractivity contribution < 1.29 is 4.39 Å². The Bertz CT molecular complexity index is 494. The number of nitrogens with zero attached hydrogens (tertiary/aromatic N) is 2. The van der Waals surface area contributed by atoms with Gasteiger partial charge in [0.25, 0.3) is 0 Å². The Balaban J connectivity index is 1.78. The van der Waals surface area contributed by atoms with Gasteiger partial charge >= 0.3 is 0 Å². The molecule has 0 unspecified atom stereocenters. The molecule has 1 saturated carbocycles. The van der Waals surface area contributed by atoms with Crippen molar-refractivity contribution in [2.24, 2.45) is 0 Å². The van der Waals surface area contributed by atoms with Gasteiger partial charge < -0.3 is 10.2 Å². The number of nitrogens with one attached hydrogen (secondary N) is 1. The zero-order valence-electron chi connectivity index (χ0n) is 11.3. The number of pyridine rings is 1. The van der Waals surface area contributed by atoms with E-state index < -0.39 is 0 Å². The van der Waals surface area contributed by atoms with Crippen LogP contribution in [0, 0.1) is 5.82 Å². The highest BCUT2D eigenvalue weighted by atomic mass is 19.1. The topological polar surface area (TPSA) is 28.2 Å². The first kappa shape index (κ1) is 12.6. The van der Waals surface area contributed by atoms with Gasteiger partial charge in [-0.1, -0.05) is 11.6 Å². The standard InChI is InChI=1S/C15H20FN3/c1-11-4-6-19(7-5-11)15-12(8-13(16)10-18-15)9-17-14-2-3-14/h4,8,10,14,17H,2-3,5-7,9H2,1H3. The number of anilines is 1. The summed E-state index contributed by atoms with van der Waals surface area (Å²) in [6, 6.07) is 2.24. The molecule has 1 aliphatic heterocycles. The summed E-state index contributed by atoms with van der Waals surface area (Å²) in [5, 5.41) is 3.44. The highest BCUT2D eigenvalue weighted by Crippen LogP contribution is 2.24. The summed E-state index contributed by atoms with van der Waals surface area (Å²) in [6.07, 6.45) is 7.09. The maximum Gasteiger partial charge on any atom is 0.141 e. The number of rotatable bonds is 4. The van der Waals surface area contributed by atoms with Crippen LogP contribution in [0.1, 0.15) is 31.7 Å². The Hall–Kier alpha value is -1.42. The van der Waals surface area contributed by atoms with E-state index in [-0.39, 0.29) is 5.82 Å². The molecule has 2 heterocycles. The molecule has 0 saturated heterocycles. The summed E-state index contributed by atoms with van der Waals surface area (Å²) in [4.78, 5) is 6.54. The van der Waals surface area contributed by atoms with Crippen molar-refractivity contribution in [2.45, 2.75) is 38.8 Å². The SMILES string of the molecule is CC1=CCN(c2ncc(F)cc2CNC2CC2)CC1. The lowest BCUT2D eigenvalue weighted by atomic mass is 10.1. The molecule has 1 fully saturated rings. The van der Waals surface area contributed by atoms with E-state index in [4.69, 9.17) is 0 Å². The normalized spacial score (nSPS) is 19.5. The Kier molecular flexibility index (Phi) is 3.51. The molecule has 0 amide bonds. The Labute approximate surface area is 113 Å². The minimum absolute atomic E-state index is 0.250. The molecular weight excluding hydrogens is 241 g/mol. The fraction of sp³-hybridized carbons (Fsp3) is 0.533. The summed E-state index contributed by atoms with van der Waals surface area (Å²) in [6.45, 7) is 4.72. The van der Waals surface area contributed by atoms with Crippen LogP contribution in [-0.4, -0.2) is 24.1 Å². The maximum atomic E-state index is 13.4. The van der Waals surface area contributed by atoms with Gasteiger partial charge in [0.05, 0.1) is 6.20 Å². The molecule has 19 heavy (non-hydrogen) atoms. The van der Waals surface area contributed by atoms with Crippen LogP contribution in [0.15, 0.2) is 23.9 Å². The van der Waals surface area contributed by atoms with Crippen molar-refractivity contribution >= 4 is 5.82 Å². The zero-order valence-corrected chi connectivity index (χ0v) is 11.3. The first-order valence-corrected chi connectivity index (χ1v) is 7.01. The fourth-order valence-corrected chi connectivity index (χ4v) is 2.39. The quantitative estimate of drug-likeness (QED) is 0.845. The van der Waals surface area contributed by atoms with Crippen molar-refractivity contribution in [3.8, 4) is 0 Å². The van der Waals surface area contributed by atoms with Gasteiger partial charge in [-0.05, 0) is 32.3 Å². The first-order chi connectivity index (χ1) is 9.22. The van der Waals surface area contributed by atoms with E-state index in [1.165, 1.54) is 24.6 Å². The van der Waals surface area contributed by atoms with Crippen LogP contribution in [0.3, 0.4) is 0 Å². The summed E-state index contributed by atoms with van der Waals surface area (Å²) < 4.78 is 13.4. The second-order valence-electron chi connectivity index (χ2n) is 5.54. The number of aromatic nitrogens is 1. The van der Waals surface area contributed by atoms with E-state index >= 15 is 0 Å². The maximum absolute atomic E-state index is 13.4. The van der Waals surface area contributed by atoms with Gasteiger partial charge in [-0.25, -0.2) is 9.37 Å². The summed E-state index contributed by atoms with van der Waals surface area (Å²) in [7, 11) is 0. The van der Waals surface area contributed by atoms with Crippen LogP contribution in [-0.2, 0) is 6.54 Å². The smallest absolute Gasteiger partial charge is 0.141 e. The van der Waals surface area contributed by atoms with Crippen LogP contribution in [0.25, 0.3) is 0 Å². The summed E-state index contributed by atoms with van der Waals surface area (Å²) in [5.74, 6) is 0.679. The molecule has 1 aliphatic carbocycles. The molecule has 3 rings (SSSR count). The first-order valence-electron chi connectivity index (χ1n) is 7.01. The molecule has 4 heteroatoms. The van der Waals surface area contributed by atoms with Crippen LogP contribution in [0.2, 0.25) is 0 Å². The van der Waals surface area contributed by atoms with Crippen LogP contribution >= 0.6 is 0 Å². The average Bonchev–Trinajstić information content (AvgIpc) is 3.22. The molecule has 0 aromatic carbocycles. The molecule has 0 radical (unpaired) electrons. The van der Waals surface area contributed by atoms with Gasteiger partial charge in [-0.15, -0.1) is 0 Å². The van der Waals surface area contributed by atoms with Gasteiger partial charge in [0, 0.05) is 31.2 Å². The Morgan fingerprint density at radius 1 is 1.47 bits per heavy atom. The monoisotopic (exact) mass is 261 g/mol. The fourth-order valence-electron chi connectivity index (χ4n) is 2.39. The summed E-state index contributed by atoms with van der Waals surface area (Å²) in [5.41, 5.74) is 2.40. The summed E-state index contributed by atoms with van der Waals surface area (Å²) >= 11 is 0. The molecule has 0 spiro atoms. The largest absolute Gasteiger partial charge is 0.352 e. The van der Waals surface area contributed by atoms with E-state index in [0.29, 0.717) is 12.6 Å². The van der Waals surface area contributed by atoms with Crippen LogP contribution < -0.4 is 10.2 Å². The third kappa shape index (κ3) is 3.13. The predicted octanol–water partition coefficient (Wildman–Crippen LogP) is 2.63. The number of hydrogen-bond acceptors (Lipinski definition) is 3. The molecule has 0 bridgehead atoms. The molecule has 1 aromatic rings. The van der Waals surface area contributed by atoms with Crippen molar-refractivity contribution in [1.82, 2.24) is 10.3 Å². The Morgan fingerprint density at radius 3 is 3.00 bits per heavy atom. The lowest BCUT2D eigenvalue weighted by Gasteiger charge is -2.28. The highest BCUT2D eigenvalue weighted by Gasteiger charge is 2.22. The number of halogens is 1. The minimum atomic E-state index is -0.250. The van der Waals surface area contributed by atoms with E-state index in [2.05, 4.69) is 28.2 Å². The van der Waals surface area contributed by atoms with Crippen LogP contribution in [0.4, 0.5) is 10.2 Å². The van der Waals surface area contributed by atoms with E-state index in [1.54, 1.807) is 6.07 Å². The van der Waals surface area contributed by atoms with Gasteiger partial charge in [-0.2, -0.15) is 0 Å². The van der Waals surface area contributed by atoms with Crippen molar-refractivity contribution in [1.29, 1.82) is 0 Å². The van der Waals surface area contributed by atoms with Crippen molar-refractivity contribution in [3.63, 3.8) is 0 Å². The van der Waals surface area contributed by atoms with Gasteiger partial charge in [0.2, 0.25) is 0 Å². The van der Waals surface area contributed by atoms with E-state index in [0.717, 1.165) is 30.9 Å². The lowest BCUT2D eigenvalue weighted by Crippen LogP contribution is -2.31. The number of hydrogen-bond donors (Lipinski definition) is 1. The van der Waals surface area contributed by atoms with Gasteiger partial charge in [-0.3, -0.25) is 0 Å². The minimum Gasteiger partial charge on any atom is -0.352 e. The molecule has 102 valence electrons. The predicted molar refractivity (Wildman–Crippen MR) is 74.6 cm³/mol. The lowest BCUT2D eigenvalue weighted by molar-refractivity contribution is 0.609. The molecule has 3 nitrogen and oxygen atoms in total. The van der Waals surface area contributed by atoms with Crippen molar-refractivity contribution in [2.75, 3.05) is 18.0 Å². The third-order valence-electron chi connectivity index (χ3n) is 3.80. The molecule has 1 N–H and O–H groups in total. The second-order valence-corrected chi connectivity index (χ2v) is 5.54. The zero-order chi connectivity index (χ0) is 13.2. The van der Waals surface area contributed by atoms with Gasteiger partial charge in [0.1, 0.15) is 11.6 Å².